The largest absolute Gasteiger partial charge is 0.507 e. The van der Waals surface area contributed by atoms with E-state index < -0.39 is 279 Å². The van der Waals surface area contributed by atoms with E-state index in [1.807, 2.05) is 0 Å². The van der Waals surface area contributed by atoms with Gasteiger partial charge in [0.15, 0.2) is 99.5 Å². The van der Waals surface area contributed by atoms with Gasteiger partial charge in [-0.2, -0.15) is 0 Å². The molecule has 0 saturated carbocycles. The molecule has 0 spiro atoms. The van der Waals surface area contributed by atoms with Gasteiger partial charge in [0.1, 0.15) is 23.9 Å². The third kappa shape index (κ3) is 8.16. The number of hydrogen-bond acceptors (Lipinski definition) is 33. The van der Waals surface area contributed by atoms with Crippen LogP contribution >= 0.6 is 0 Å². The van der Waals surface area contributed by atoms with E-state index in [0.29, 0.717) is 30.3 Å². The number of aliphatic hydroxyl groups excluding tert-OH is 1. The zero-order valence-electron chi connectivity index (χ0n) is 43.9. The summed E-state index contributed by atoms with van der Waals surface area (Å²) in [6.45, 7) is -1.67. The summed E-state index contributed by atoms with van der Waals surface area (Å²) in [4.78, 5) is 90.5. The van der Waals surface area contributed by atoms with Crippen molar-refractivity contribution >= 4 is 35.6 Å². The summed E-state index contributed by atoms with van der Waals surface area (Å²) in [5.41, 5.74) is -12.8. The number of aliphatic hydroxyl groups is 4. The van der Waals surface area contributed by atoms with Gasteiger partial charge >= 0.3 is 29.8 Å². The summed E-state index contributed by atoms with van der Waals surface area (Å²) in [5.74, 6) is -48.7. The molecule has 0 saturated heterocycles. The first-order valence-electron chi connectivity index (χ1n) is 25.5. The van der Waals surface area contributed by atoms with Gasteiger partial charge < -0.3 is 135 Å². The van der Waals surface area contributed by atoms with Crippen molar-refractivity contribution in [2.45, 2.75) is 66.5 Å². The number of rotatable bonds is 5. The van der Waals surface area contributed by atoms with E-state index in [1.165, 1.54) is 0 Å². The van der Waals surface area contributed by atoms with Gasteiger partial charge in [0, 0.05) is 51.4 Å². The Morgan fingerprint density at radius 1 is 0.483 bits per heavy atom. The molecule has 6 aliphatic rings. The number of cyclic esters (lactones) is 3. The number of Topliss-reactive ketones (excluding diaryl/α,β-unsaturated/α-hetero) is 1. The molecule has 89 heavy (non-hydrogen) atoms. The predicted molar refractivity (Wildman–Crippen MR) is 275 cm³/mol. The van der Waals surface area contributed by atoms with Crippen molar-refractivity contribution in [2.24, 2.45) is 0 Å². The Morgan fingerprint density at radius 2 is 0.989 bits per heavy atom. The number of phenols is 16. The third-order valence-corrected chi connectivity index (χ3v) is 15.9. The summed E-state index contributed by atoms with van der Waals surface area (Å²) in [6.07, 6.45) is -16.5. The van der Waals surface area contributed by atoms with Crippen molar-refractivity contribution in [3.63, 3.8) is 0 Å². The highest BCUT2D eigenvalue weighted by Crippen LogP contribution is 2.65. The number of phenolic OH excluding ortho intramolecular Hbond substituents is 16. The Morgan fingerprint density at radius 3 is 1.58 bits per heavy atom. The average Bonchev–Trinajstić information content (AvgIpc) is 1.64. The lowest BCUT2D eigenvalue weighted by atomic mass is 9.64. The first-order chi connectivity index (χ1) is 41.8. The smallest absolute Gasteiger partial charge is 0.339 e. The number of carbonyl (C=O) groups is 6. The number of fused-ring (bicyclic) bond motifs is 6. The molecule has 9 atom stereocenters. The molecule has 33 heteroatoms. The minimum atomic E-state index is -4.47. The van der Waals surface area contributed by atoms with Crippen molar-refractivity contribution in [1.82, 2.24) is 0 Å². The average molecular weight is 1240 g/mol. The third-order valence-electron chi connectivity index (χ3n) is 15.9. The second kappa shape index (κ2) is 19.4. The van der Waals surface area contributed by atoms with E-state index in [4.69, 9.17) is 33.2 Å². The maximum atomic E-state index is 15.4. The molecule has 0 unspecified atom stereocenters. The molecule has 0 radical (unpaired) electrons. The summed E-state index contributed by atoms with van der Waals surface area (Å²) in [5, 5.41) is 223. The Kier molecular flexibility index (Phi) is 12.6. The van der Waals surface area contributed by atoms with Crippen LogP contribution < -0.4 is 9.47 Å². The van der Waals surface area contributed by atoms with Crippen molar-refractivity contribution in [3.05, 3.63) is 104 Å². The van der Waals surface area contributed by atoms with Gasteiger partial charge in [0.25, 0.3) is 11.6 Å². The van der Waals surface area contributed by atoms with Crippen LogP contribution in [0.1, 0.15) is 81.6 Å². The summed E-state index contributed by atoms with van der Waals surface area (Å²) in [7, 11) is 0. The fourth-order valence-electron chi connectivity index (χ4n) is 11.8. The molecular weight excluding hydrogens is 1200 g/mol. The summed E-state index contributed by atoms with van der Waals surface area (Å²) < 4.78 is 41.0. The lowest BCUT2D eigenvalue weighted by Crippen LogP contribution is -2.69. The zero-order valence-corrected chi connectivity index (χ0v) is 43.9. The number of ketones is 1. The fourth-order valence-corrected chi connectivity index (χ4v) is 11.8. The van der Waals surface area contributed by atoms with Crippen molar-refractivity contribution in [2.75, 3.05) is 6.61 Å². The van der Waals surface area contributed by atoms with Crippen LogP contribution in [-0.4, -0.2) is 186 Å². The minimum absolute atomic E-state index is 0.270. The highest BCUT2D eigenvalue weighted by atomic mass is 16.7. The second-order valence-electron chi connectivity index (χ2n) is 21.0. The molecule has 462 valence electrons. The standard InChI is InChI=1S/C56H40O33/c57-17-9-18(58)31(44-13(17)5-26(66)43(85-44)11-1-19(59)36(67)20(60)2-11)32-33-34-35-30-16(8-25(65)40(71)46(30)89-56(35,82)55(80,81)49(33)74)53(78)88-48(47(32)87-54(34)79)45-27(84-50(75)12-3-21(61)37(68)22(62)4-12)10-83-51(76)14-6-23(63)38(69)41(72)28(14)29-15(52(77)86-45)7-24(64)39(70)42(29)73/h1-4,6-9,26-27,32,35,43,45,47-48,57-73,80-82H,5,10H2/t26-,27-,32+,35-,43+,45+,47+,48-,56-/m0/s1. The zero-order chi connectivity index (χ0) is 64.4. The van der Waals surface area contributed by atoms with Gasteiger partial charge in [-0.15, -0.1) is 0 Å². The van der Waals surface area contributed by atoms with E-state index in [-0.39, 0.29) is 6.07 Å². The normalized spacial score (nSPS) is 24.7. The Bertz CT molecular complexity index is 4250. The van der Waals surface area contributed by atoms with Crippen molar-refractivity contribution in [1.29, 1.82) is 0 Å². The number of hydrogen-bond donors (Lipinski definition) is 20. The molecule has 5 heterocycles. The SMILES string of the molecule is O=C1O[C@H]2[C@H]([C@@H]3OC(=O)c4cc(O)c(O)c(O)c4-c4c(cc(O)c(O)c4O)C(=O)OC[C@@H]3OC(=O)c3cc(O)c(O)c(O)c3)OC(=O)c3cc(O)c(O)c4c3[C@H]3C1=C(C(=O)C(O)(O)[C@@]3(O)O4)[C@H]2c1c(O)cc(O)c2c1O[C@H](c1cc(O)c(O)c(O)c1)[C@@H](O)C2. The summed E-state index contributed by atoms with van der Waals surface area (Å²) in [6, 6.07) is 3.96. The molecule has 6 aromatic carbocycles. The maximum Gasteiger partial charge on any atom is 0.339 e. The number of aromatic hydroxyl groups is 16. The monoisotopic (exact) mass is 1240 g/mol. The first kappa shape index (κ1) is 57.7. The highest BCUT2D eigenvalue weighted by Gasteiger charge is 2.75. The van der Waals surface area contributed by atoms with E-state index in [0.717, 1.165) is 12.1 Å². The van der Waals surface area contributed by atoms with E-state index in [2.05, 4.69) is 0 Å². The summed E-state index contributed by atoms with van der Waals surface area (Å²) >= 11 is 0. The lowest BCUT2D eigenvalue weighted by molar-refractivity contribution is -0.324. The Balaban J connectivity index is 1.17. The van der Waals surface area contributed by atoms with Crippen molar-refractivity contribution in [3.8, 4) is 115 Å². The van der Waals surface area contributed by atoms with E-state index in [9.17, 15) is 112 Å². The molecule has 0 aromatic heterocycles. The molecule has 1 aliphatic carbocycles. The van der Waals surface area contributed by atoms with E-state index in [1.54, 1.807) is 0 Å². The number of esters is 5. The van der Waals surface area contributed by atoms with Gasteiger partial charge in [-0.1, -0.05) is 0 Å². The van der Waals surface area contributed by atoms with E-state index >= 15 is 19.2 Å². The molecule has 6 aromatic rings. The number of ether oxygens (including phenoxy) is 7. The van der Waals surface area contributed by atoms with Crippen LogP contribution in [0.5, 0.6) is 103 Å². The highest BCUT2D eigenvalue weighted by molar-refractivity contribution is 6.14. The van der Waals surface area contributed by atoms with Crippen LogP contribution in [0.4, 0.5) is 0 Å². The molecule has 20 N–H and O–H groups in total. The van der Waals surface area contributed by atoms with Crippen LogP contribution in [0, 0.1) is 0 Å². The Hall–Kier alpha value is -11.7. The van der Waals surface area contributed by atoms with Crippen LogP contribution in [0.15, 0.2) is 59.7 Å². The molecular formula is C56H40O33. The minimum Gasteiger partial charge on any atom is -0.507 e. The van der Waals surface area contributed by atoms with Crippen LogP contribution in [-0.2, 0) is 39.7 Å². The van der Waals surface area contributed by atoms with Gasteiger partial charge in [-0.25, -0.2) is 24.0 Å². The molecule has 0 amide bonds. The molecule has 0 fully saturated rings. The predicted octanol–water partition coefficient (Wildman–Crippen LogP) is 0.275. The molecule has 33 nitrogen and oxygen atoms in total. The van der Waals surface area contributed by atoms with Crippen LogP contribution in [0.3, 0.4) is 0 Å². The Labute approximate surface area is 490 Å². The quantitative estimate of drug-likeness (QED) is 0.0477. The van der Waals surface area contributed by atoms with Gasteiger partial charge in [0.2, 0.25) is 23.0 Å². The van der Waals surface area contributed by atoms with Crippen molar-refractivity contribution < 1.29 is 164 Å². The lowest BCUT2D eigenvalue weighted by Gasteiger charge is -2.49. The first-order valence-corrected chi connectivity index (χ1v) is 25.5. The van der Waals surface area contributed by atoms with Crippen LogP contribution in [0.2, 0.25) is 0 Å². The topological polar surface area (TPSA) is 572 Å². The number of carbonyl (C=O) groups excluding carboxylic acids is 6. The van der Waals surface area contributed by atoms with Gasteiger partial charge in [0.05, 0.1) is 45.8 Å². The molecule has 12 rings (SSSR count). The van der Waals surface area contributed by atoms with Gasteiger partial charge in [-0.05, 0) is 42.5 Å². The maximum absolute atomic E-state index is 15.4. The van der Waals surface area contributed by atoms with Gasteiger partial charge in [-0.3, -0.25) is 4.79 Å². The molecule has 2 bridgehead atoms. The van der Waals surface area contributed by atoms with Crippen LogP contribution in [0.25, 0.3) is 11.1 Å². The second-order valence-corrected chi connectivity index (χ2v) is 21.0. The molecule has 5 aliphatic heterocycles. The number of benzene rings is 6. The fraction of sp³-hybridized carbons (Fsp3) is 0.214.